The minimum absolute atomic E-state index is 0.447. The standard InChI is InChI=1S/C28H28N2O5/c1-17(27(34)29-19(16-31)15-24(32)33)30-28(13-4-5-14-35-28)23-10-6-9-21-22-12-11-18-7-2-3-8-20(18)25(22)26(21)23/h2-3,6-12,16-17,19,30H,4-5,13-15H2,1H3,(H,29,34)(H,32,33)/t17-,19-,28?/m0/s1. The summed E-state index contributed by atoms with van der Waals surface area (Å²) in [4.78, 5) is 35.2. The highest BCUT2D eigenvalue weighted by molar-refractivity contribution is 6.15. The number of carbonyl (C=O) groups excluding carboxylic acids is 2. The summed E-state index contributed by atoms with van der Waals surface area (Å²) in [6.45, 7) is 2.26. The van der Waals surface area contributed by atoms with Crippen molar-refractivity contribution in [2.24, 2.45) is 0 Å². The van der Waals surface area contributed by atoms with Crippen molar-refractivity contribution < 1.29 is 24.2 Å². The normalized spacial score (nSPS) is 20.1. The van der Waals surface area contributed by atoms with Crippen LogP contribution in [-0.2, 0) is 24.8 Å². The Morgan fingerprint density at radius 3 is 2.60 bits per heavy atom. The molecule has 5 rings (SSSR count). The van der Waals surface area contributed by atoms with E-state index in [1.807, 2.05) is 18.2 Å². The van der Waals surface area contributed by atoms with Gasteiger partial charge in [-0.15, -0.1) is 0 Å². The van der Waals surface area contributed by atoms with Gasteiger partial charge in [-0.1, -0.05) is 54.6 Å². The molecule has 0 spiro atoms. The van der Waals surface area contributed by atoms with E-state index < -0.39 is 36.1 Å². The van der Waals surface area contributed by atoms with Gasteiger partial charge in [-0.05, 0) is 59.2 Å². The first-order valence-electron chi connectivity index (χ1n) is 12.0. The minimum Gasteiger partial charge on any atom is -0.481 e. The van der Waals surface area contributed by atoms with Gasteiger partial charge in [-0.3, -0.25) is 14.9 Å². The topological polar surface area (TPSA) is 105 Å². The average molecular weight is 473 g/mol. The lowest BCUT2D eigenvalue weighted by Gasteiger charge is -2.43. The largest absolute Gasteiger partial charge is 0.481 e. The molecule has 7 nitrogen and oxygen atoms in total. The molecule has 1 aliphatic heterocycles. The Morgan fingerprint density at radius 1 is 1.06 bits per heavy atom. The number of hydrogen-bond donors (Lipinski definition) is 3. The molecule has 7 heteroatoms. The first-order chi connectivity index (χ1) is 16.9. The van der Waals surface area contributed by atoms with E-state index in [0.29, 0.717) is 19.3 Å². The molecule has 0 aromatic heterocycles. The first-order valence-corrected chi connectivity index (χ1v) is 12.0. The number of fused-ring (bicyclic) bond motifs is 6. The summed E-state index contributed by atoms with van der Waals surface area (Å²) in [5, 5.41) is 17.3. The molecule has 3 N–H and O–H groups in total. The molecule has 0 radical (unpaired) electrons. The molecule has 1 saturated heterocycles. The zero-order valence-electron chi connectivity index (χ0n) is 19.5. The van der Waals surface area contributed by atoms with Crippen LogP contribution in [0.4, 0.5) is 0 Å². The zero-order chi connectivity index (χ0) is 24.6. The highest BCUT2D eigenvalue weighted by atomic mass is 16.5. The molecule has 0 saturated carbocycles. The Hall–Kier alpha value is -3.55. The molecule has 1 amide bonds. The van der Waals surface area contributed by atoms with E-state index in [4.69, 9.17) is 9.84 Å². The lowest BCUT2D eigenvalue weighted by atomic mass is 9.72. The average Bonchev–Trinajstić information content (AvgIpc) is 2.85. The number of benzene rings is 3. The third kappa shape index (κ3) is 4.11. The van der Waals surface area contributed by atoms with Gasteiger partial charge in [0.1, 0.15) is 12.0 Å². The summed E-state index contributed by atoms with van der Waals surface area (Å²) in [5.74, 6) is -1.60. The molecule has 1 heterocycles. The van der Waals surface area contributed by atoms with Crippen molar-refractivity contribution in [1.82, 2.24) is 10.6 Å². The van der Waals surface area contributed by atoms with Gasteiger partial charge in [0.15, 0.2) is 0 Å². The number of nitrogens with one attached hydrogen (secondary N) is 2. The van der Waals surface area contributed by atoms with Crippen molar-refractivity contribution in [1.29, 1.82) is 0 Å². The summed E-state index contributed by atoms with van der Waals surface area (Å²) in [5.41, 5.74) is 4.83. The van der Waals surface area contributed by atoms with E-state index in [2.05, 4.69) is 47.0 Å². The van der Waals surface area contributed by atoms with Gasteiger partial charge in [0.05, 0.1) is 18.5 Å². The van der Waals surface area contributed by atoms with Gasteiger partial charge >= 0.3 is 5.97 Å². The van der Waals surface area contributed by atoms with Gasteiger partial charge < -0.3 is 20.0 Å². The third-order valence-corrected chi connectivity index (χ3v) is 6.97. The highest BCUT2D eigenvalue weighted by Crippen LogP contribution is 2.55. The Kier molecular flexibility index (Phi) is 6.13. The number of carboxylic acid groups (broad SMARTS) is 1. The first kappa shape index (κ1) is 23.2. The van der Waals surface area contributed by atoms with Crippen molar-refractivity contribution in [3.8, 4) is 22.3 Å². The summed E-state index contributed by atoms with van der Waals surface area (Å²) in [6, 6.07) is 17.0. The summed E-state index contributed by atoms with van der Waals surface area (Å²) < 4.78 is 6.41. The van der Waals surface area contributed by atoms with Crippen molar-refractivity contribution in [2.45, 2.75) is 50.4 Å². The van der Waals surface area contributed by atoms with E-state index in [-0.39, 0.29) is 0 Å². The molecule has 3 atom stereocenters. The molecular weight excluding hydrogens is 444 g/mol. The molecule has 1 unspecified atom stereocenters. The van der Waals surface area contributed by atoms with Crippen LogP contribution in [0.1, 0.15) is 38.2 Å². The number of ether oxygens (including phenoxy) is 1. The van der Waals surface area contributed by atoms with Crippen molar-refractivity contribution in [2.75, 3.05) is 6.61 Å². The Bertz CT molecular complexity index is 1310. The van der Waals surface area contributed by atoms with E-state index in [1.54, 1.807) is 6.92 Å². The van der Waals surface area contributed by atoms with Crippen molar-refractivity contribution in [3.05, 3.63) is 60.2 Å². The zero-order valence-corrected chi connectivity index (χ0v) is 19.5. The van der Waals surface area contributed by atoms with Gasteiger partial charge in [-0.25, -0.2) is 0 Å². The number of rotatable bonds is 8. The predicted molar refractivity (Wildman–Crippen MR) is 133 cm³/mol. The summed E-state index contributed by atoms with van der Waals surface area (Å²) in [7, 11) is 0. The van der Waals surface area contributed by atoms with Crippen LogP contribution < -0.4 is 10.6 Å². The number of hydrogen-bond acceptors (Lipinski definition) is 5. The van der Waals surface area contributed by atoms with Crippen molar-refractivity contribution in [3.63, 3.8) is 0 Å². The van der Waals surface area contributed by atoms with Crippen LogP contribution in [0.25, 0.3) is 33.0 Å². The SMILES string of the molecule is C[C@H](NC1(c2cccc3c2-c2c-3ccc3ccccc23)CCCCO1)C(=O)N[C@H](C=O)CC(=O)O. The Morgan fingerprint density at radius 2 is 1.86 bits per heavy atom. The molecule has 1 aliphatic carbocycles. The molecule has 3 aromatic rings. The van der Waals surface area contributed by atoms with E-state index in [1.165, 1.54) is 21.9 Å². The third-order valence-electron chi connectivity index (χ3n) is 6.97. The molecular formula is C28H28N2O5. The Labute approximate surface area is 203 Å². The quantitative estimate of drug-likeness (QED) is 0.335. The fourth-order valence-electron chi connectivity index (χ4n) is 5.33. The number of carboxylic acids is 1. The second-order valence-electron chi connectivity index (χ2n) is 9.29. The van der Waals surface area contributed by atoms with Crippen LogP contribution >= 0.6 is 0 Å². The number of carbonyl (C=O) groups is 3. The lowest BCUT2D eigenvalue weighted by Crippen LogP contribution is -2.56. The number of aldehydes is 1. The van der Waals surface area contributed by atoms with Crippen LogP contribution in [0.2, 0.25) is 0 Å². The molecule has 1 fully saturated rings. The van der Waals surface area contributed by atoms with Crippen LogP contribution in [-0.4, -0.2) is 42.0 Å². The highest BCUT2D eigenvalue weighted by Gasteiger charge is 2.42. The summed E-state index contributed by atoms with van der Waals surface area (Å²) in [6.07, 6.45) is 2.55. The Balaban J connectivity index is 1.50. The van der Waals surface area contributed by atoms with Gasteiger partial charge in [0, 0.05) is 12.2 Å². The molecule has 3 aromatic carbocycles. The lowest BCUT2D eigenvalue weighted by molar-refractivity contribution is -0.140. The van der Waals surface area contributed by atoms with Crippen LogP contribution in [0, 0.1) is 0 Å². The van der Waals surface area contributed by atoms with E-state index >= 15 is 0 Å². The van der Waals surface area contributed by atoms with Gasteiger partial charge in [0.25, 0.3) is 0 Å². The molecule has 35 heavy (non-hydrogen) atoms. The van der Waals surface area contributed by atoms with Crippen LogP contribution in [0.5, 0.6) is 0 Å². The maximum Gasteiger partial charge on any atom is 0.305 e. The van der Waals surface area contributed by atoms with Crippen molar-refractivity contribution >= 4 is 28.9 Å². The number of amides is 1. The fraction of sp³-hybridized carbons (Fsp3) is 0.321. The van der Waals surface area contributed by atoms with Gasteiger partial charge in [-0.2, -0.15) is 0 Å². The molecule has 0 bridgehead atoms. The summed E-state index contributed by atoms with van der Waals surface area (Å²) >= 11 is 0. The maximum absolute atomic E-state index is 12.9. The van der Waals surface area contributed by atoms with Gasteiger partial charge in [0.2, 0.25) is 5.91 Å². The maximum atomic E-state index is 12.9. The molecule has 2 aliphatic rings. The monoisotopic (exact) mass is 472 g/mol. The number of aliphatic carboxylic acids is 1. The minimum atomic E-state index is -1.15. The molecule has 180 valence electrons. The van der Waals surface area contributed by atoms with Crippen LogP contribution in [0.3, 0.4) is 0 Å². The second kappa shape index (κ2) is 9.24. The smallest absolute Gasteiger partial charge is 0.305 e. The fourth-order valence-corrected chi connectivity index (χ4v) is 5.33. The van der Waals surface area contributed by atoms with Crippen LogP contribution in [0.15, 0.2) is 54.6 Å². The van der Waals surface area contributed by atoms with E-state index in [0.717, 1.165) is 29.5 Å². The van der Waals surface area contributed by atoms with E-state index in [9.17, 15) is 14.4 Å². The predicted octanol–water partition coefficient (Wildman–Crippen LogP) is 3.98. The second-order valence-corrected chi connectivity index (χ2v) is 9.29.